The quantitative estimate of drug-likeness (QED) is 0.815. The molecule has 2 rings (SSSR count). The van der Waals surface area contributed by atoms with Crippen molar-refractivity contribution in [3.63, 3.8) is 0 Å². The molecule has 5 atom stereocenters. The van der Waals surface area contributed by atoms with Crippen molar-refractivity contribution < 1.29 is 4.74 Å². The van der Waals surface area contributed by atoms with Crippen LogP contribution in [-0.4, -0.2) is 49.8 Å². The van der Waals surface area contributed by atoms with E-state index in [1.165, 1.54) is 32.2 Å². The summed E-state index contributed by atoms with van der Waals surface area (Å²) in [5.74, 6) is 2.55. The van der Waals surface area contributed by atoms with E-state index in [2.05, 4.69) is 37.9 Å². The molecule has 1 N–H and O–H groups in total. The van der Waals surface area contributed by atoms with E-state index >= 15 is 0 Å². The second kappa shape index (κ2) is 8.50. The molecule has 1 aliphatic carbocycles. The van der Waals surface area contributed by atoms with Gasteiger partial charge in [-0.2, -0.15) is 0 Å². The lowest BCUT2D eigenvalue weighted by atomic mass is 9.72. The second-order valence-electron chi connectivity index (χ2n) is 7.32. The third-order valence-electron chi connectivity index (χ3n) is 5.70. The van der Waals surface area contributed by atoms with Gasteiger partial charge in [-0.1, -0.05) is 34.1 Å². The molecule has 0 spiro atoms. The Kier molecular flexibility index (Phi) is 6.97. The lowest BCUT2D eigenvalue weighted by molar-refractivity contribution is -0.0620. The SMILES string of the molecule is CCCN1CCOC(C(NCC)C2CCC(C)C(C)C2)C1. The molecule has 0 amide bonds. The van der Waals surface area contributed by atoms with Crippen LogP contribution >= 0.6 is 0 Å². The van der Waals surface area contributed by atoms with Gasteiger partial charge in [0.2, 0.25) is 0 Å². The topological polar surface area (TPSA) is 24.5 Å². The molecule has 5 unspecified atom stereocenters. The van der Waals surface area contributed by atoms with Gasteiger partial charge in [0, 0.05) is 19.1 Å². The lowest BCUT2D eigenvalue weighted by Gasteiger charge is -2.43. The Morgan fingerprint density at radius 1 is 1.19 bits per heavy atom. The van der Waals surface area contributed by atoms with Crippen LogP contribution in [0.15, 0.2) is 0 Å². The fourth-order valence-electron chi connectivity index (χ4n) is 4.22. The van der Waals surface area contributed by atoms with Crippen LogP contribution in [-0.2, 0) is 4.74 Å². The van der Waals surface area contributed by atoms with Crippen molar-refractivity contribution in [1.82, 2.24) is 10.2 Å². The van der Waals surface area contributed by atoms with E-state index < -0.39 is 0 Å². The maximum Gasteiger partial charge on any atom is 0.0857 e. The number of morpholine rings is 1. The van der Waals surface area contributed by atoms with Crippen LogP contribution in [0.25, 0.3) is 0 Å². The summed E-state index contributed by atoms with van der Waals surface area (Å²) in [6.45, 7) is 14.8. The Hall–Kier alpha value is -0.120. The van der Waals surface area contributed by atoms with Crippen LogP contribution in [0.1, 0.15) is 53.4 Å². The molecular weight excluding hydrogens is 260 g/mol. The summed E-state index contributed by atoms with van der Waals surface area (Å²) >= 11 is 0. The zero-order valence-electron chi connectivity index (χ0n) is 14.6. The van der Waals surface area contributed by atoms with Crippen LogP contribution in [0.4, 0.5) is 0 Å². The van der Waals surface area contributed by atoms with Gasteiger partial charge in [0.05, 0.1) is 12.7 Å². The standard InChI is InChI=1S/C18H36N2O/c1-5-9-20-10-11-21-17(13-20)18(19-6-2)16-8-7-14(3)15(4)12-16/h14-19H,5-13H2,1-4H3. The van der Waals surface area contributed by atoms with E-state index in [9.17, 15) is 0 Å². The molecule has 1 heterocycles. The Balaban J connectivity index is 1.97. The van der Waals surface area contributed by atoms with Gasteiger partial charge < -0.3 is 10.1 Å². The van der Waals surface area contributed by atoms with Crippen molar-refractivity contribution in [2.45, 2.75) is 65.5 Å². The van der Waals surface area contributed by atoms with Gasteiger partial charge in [0.25, 0.3) is 0 Å². The molecule has 1 aliphatic heterocycles. The Morgan fingerprint density at radius 3 is 2.67 bits per heavy atom. The largest absolute Gasteiger partial charge is 0.374 e. The van der Waals surface area contributed by atoms with E-state index in [1.54, 1.807) is 0 Å². The predicted octanol–water partition coefficient (Wildman–Crippen LogP) is 3.15. The van der Waals surface area contributed by atoms with Crippen molar-refractivity contribution in [3.8, 4) is 0 Å². The van der Waals surface area contributed by atoms with Gasteiger partial charge in [-0.05, 0) is 50.1 Å². The van der Waals surface area contributed by atoms with Crippen molar-refractivity contribution in [2.24, 2.45) is 17.8 Å². The van der Waals surface area contributed by atoms with Crippen LogP contribution < -0.4 is 5.32 Å². The zero-order valence-corrected chi connectivity index (χ0v) is 14.6. The van der Waals surface area contributed by atoms with Crippen molar-refractivity contribution in [1.29, 1.82) is 0 Å². The monoisotopic (exact) mass is 296 g/mol. The molecular formula is C18H36N2O. The summed E-state index contributed by atoms with van der Waals surface area (Å²) in [7, 11) is 0. The summed E-state index contributed by atoms with van der Waals surface area (Å²) in [5.41, 5.74) is 0. The maximum atomic E-state index is 6.18. The van der Waals surface area contributed by atoms with Gasteiger partial charge in [-0.15, -0.1) is 0 Å². The minimum Gasteiger partial charge on any atom is -0.374 e. The van der Waals surface area contributed by atoms with Gasteiger partial charge in [-0.3, -0.25) is 4.90 Å². The fraction of sp³-hybridized carbons (Fsp3) is 1.00. The van der Waals surface area contributed by atoms with Gasteiger partial charge >= 0.3 is 0 Å². The summed E-state index contributed by atoms with van der Waals surface area (Å²) in [5, 5.41) is 3.77. The number of nitrogens with one attached hydrogen (secondary N) is 1. The van der Waals surface area contributed by atoms with E-state index in [-0.39, 0.29) is 0 Å². The Morgan fingerprint density at radius 2 is 2.00 bits per heavy atom. The van der Waals surface area contributed by atoms with Crippen LogP contribution in [0.3, 0.4) is 0 Å². The van der Waals surface area contributed by atoms with E-state index in [0.717, 1.165) is 44.0 Å². The molecule has 1 saturated heterocycles. The van der Waals surface area contributed by atoms with Crippen molar-refractivity contribution >= 4 is 0 Å². The van der Waals surface area contributed by atoms with Gasteiger partial charge in [-0.25, -0.2) is 0 Å². The first-order chi connectivity index (χ1) is 10.2. The highest BCUT2D eigenvalue weighted by Gasteiger charge is 2.36. The van der Waals surface area contributed by atoms with E-state index in [0.29, 0.717) is 12.1 Å². The van der Waals surface area contributed by atoms with Crippen molar-refractivity contribution in [3.05, 3.63) is 0 Å². The van der Waals surface area contributed by atoms with Crippen LogP contribution in [0.2, 0.25) is 0 Å². The van der Waals surface area contributed by atoms with Gasteiger partial charge in [0.1, 0.15) is 0 Å². The highest BCUT2D eigenvalue weighted by Crippen LogP contribution is 2.36. The van der Waals surface area contributed by atoms with Crippen LogP contribution in [0, 0.1) is 17.8 Å². The van der Waals surface area contributed by atoms with E-state index in [4.69, 9.17) is 4.74 Å². The molecule has 0 aromatic rings. The first-order valence-electron chi connectivity index (χ1n) is 9.23. The summed E-state index contributed by atoms with van der Waals surface area (Å²) in [6.07, 6.45) is 5.76. The third-order valence-corrected chi connectivity index (χ3v) is 5.70. The van der Waals surface area contributed by atoms with Crippen molar-refractivity contribution in [2.75, 3.05) is 32.8 Å². The number of likely N-dealkylation sites (N-methyl/N-ethyl adjacent to an activating group) is 1. The highest BCUT2D eigenvalue weighted by atomic mass is 16.5. The molecule has 21 heavy (non-hydrogen) atoms. The number of ether oxygens (including phenoxy) is 1. The Bertz CT molecular complexity index is 295. The average Bonchev–Trinajstić information content (AvgIpc) is 2.48. The summed E-state index contributed by atoms with van der Waals surface area (Å²) in [6, 6.07) is 0.546. The number of hydrogen-bond acceptors (Lipinski definition) is 3. The molecule has 0 radical (unpaired) electrons. The van der Waals surface area contributed by atoms with Gasteiger partial charge in [0.15, 0.2) is 0 Å². The second-order valence-corrected chi connectivity index (χ2v) is 7.32. The maximum absolute atomic E-state index is 6.18. The predicted molar refractivity (Wildman–Crippen MR) is 89.6 cm³/mol. The minimum atomic E-state index is 0.385. The minimum absolute atomic E-state index is 0.385. The molecule has 3 nitrogen and oxygen atoms in total. The molecule has 2 aliphatic rings. The number of rotatable bonds is 6. The third kappa shape index (κ3) is 4.67. The lowest BCUT2D eigenvalue weighted by Crippen LogP contribution is -2.55. The molecule has 0 aromatic heterocycles. The first kappa shape index (κ1) is 17.2. The molecule has 124 valence electrons. The number of hydrogen-bond donors (Lipinski definition) is 1. The Labute approximate surface area is 131 Å². The number of nitrogens with zero attached hydrogens (tertiary/aromatic N) is 1. The molecule has 0 aromatic carbocycles. The van der Waals surface area contributed by atoms with Crippen LogP contribution in [0.5, 0.6) is 0 Å². The molecule has 3 heteroatoms. The molecule has 2 fully saturated rings. The molecule has 0 bridgehead atoms. The normalized spacial score (nSPS) is 36.6. The summed E-state index contributed by atoms with van der Waals surface area (Å²) < 4.78 is 6.18. The smallest absolute Gasteiger partial charge is 0.0857 e. The fourth-order valence-corrected chi connectivity index (χ4v) is 4.22. The molecule has 1 saturated carbocycles. The summed E-state index contributed by atoms with van der Waals surface area (Å²) in [4.78, 5) is 2.59. The zero-order chi connectivity index (χ0) is 15.2. The van der Waals surface area contributed by atoms with E-state index in [1.807, 2.05) is 0 Å². The highest BCUT2D eigenvalue weighted by molar-refractivity contribution is 4.91. The first-order valence-corrected chi connectivity index (χ1v) is 9.23. The average molecular weight is 296 g/mol.